The second-order valence-electron chi connectivity index (χ2n) is 4.99. The SMILES string of the molecule is COC1CCN(Cc2ccc(Cl)c(F)c2)C(CN)C1. The van der Waals surface area contributed by atoms with Crippen LogP contribution in [0.4, 0.5) is 4.39 Å². The Hall–Kier alpha value is -0.680. The summed E-state index contributed by atoms with van der Waals surface area (Å²) < 4.78 is 18.8. The molecule has 1 aliphatic rings. The molecule has 106 valence electrons. The van der Waals surface area contributed by atoms with E-state index in [2.05, 4.69) is 4.90 Å². The Labute approximate surface area is 118 Å². The molecular weight excluding hydrogens is 267 g/mol. The average molecular weight is 287 g/mol. The van der Waals surface area contributed by atoms with Crippen molar-refractivity contribution in [2.45, 2.75) is 31.5 Å². The zero-order valence-electron chi connectivity index (χ0n) is 11.1. The van der Waals surface area contributed by atoms with Gasteiger partial charge in [0.1, 0.15) is 5.82 Å². The molecule has 1 aliphatic heterocycles. The van der Waals surface area contributed by atoms with Gasteiger partial charge in [-0.15, -0.1) is 0 Å². The summed E-state index contributed by atoms with van der Waals surface area (Å²) >= 11 is 5.69. The van der Waals surface area contributed by atoms with Gasteiger partial charge in [-0.25, -0.2) is 4.39 Å². The Balaban J connectivity index is 2.03. The van der Waals surface area contributed by atoms with E-state index in [0.717, 1.165) is 24.9 Å². The van der Waals surface area contributed by atoms with Gasteiger partial charge in [-0.3, -0.25) is 4.90 Å². The Morgan fingerprint density at radius 2 is 2.32 bits per heavy atom. The van der Waals surface area contributed by atoms with Gasteiger partial charge in [0.2, 0.25) is 0 Å². The third-order valence-electron chi connectivity index (χ3n) is 3.76. The van der Waals surface area contributed by atoms with Crippen molar-refractivity contribution in [1.82, 2.24) is 4.90 Å². The first-order valence-corrected chi connectivity index (χ1v) is 6.92. The number of likely N-dealkylation sites (tertiary alicyclic amines) is 1. The molecule has 1 heterocycles. The van der Waals surface area contributed by atoms with Crippen molar-refractivity contribution in [3.63, 3.8) is 0 Å². The van der Waals surface area contributed by atoms with Gasteiger partial charge in [0.25, 0.3) is 0 Å². The second kappa shape index (κ2) is 6.66. The minimum atomic E-state index is -0.366. The van der Waals surface area contributed by atoms with Gasteiger partial charge in [-0.2, -0.15) is 0 Å². The molecule has 0 saturated carbocycles. The molecule has 0 aliphatic carbocycles. The second-order valence-corrected chi connectivity index (χ2v) is 5.40. The summed E-state index contributed by atoms with van der Waals surface area (Å²) in [5.74, 6) is -0.366. The highest BCUT2D eigenvalue weighted by Gasteiger charge is 2.27. The maximum atomic E-state index is 13.4. The van der Waals surface area contributed by atoms with E-state index >= 15 is 0 Å². The number of rotatable bonds is 4. The highest BCUT2D eigenvalue weighted by Crippen LogP contribution is 2.23. The van der Waals surface area contributed by atoms with Crippen LogP contribution >= 0.6 is 11.6 Å². The number of benzene rings is 1. The minimum Gasteiger partial charge on any atom is -0.381 e. The van der Waals surface area contributed by atoms with Crippen molar-refractivity contribution >= 4 is 11.6 Å². The molecule has 3 nitrogen and oxygen atoms in total. The van der Waals surface area contributed by atoms with Crippen LogP contribution in [0.15, 0.2) is 18.2 Å². The largest absolute Gasteiger partial charge is 0.381 e. The maximum Gasteiger partial charge on any atom is 0.142 e. The van der Waals surface area contributed by atoms with Crippen LogP contribution in [0.2, 0.25) is 5.02 Å². The van der Waals surface area contributed by atoms with Crippen molar-refractivity contribution in [2.75, 3.05) is 20.2 Å². The molecule has 1 aromatic rings. The number of hydrogen-bond acceptors (Lipinski definition) is 3. The quantitative estimate of drug-likeness (QED) is 0.924. The first-order valence-electron chi connectivity index (χ1n) is 6.55. The molecule has 1 fully saturated rings. The van der Waals surface area contributed by atoms with E-state index in [1.807, 2.05) is 6.07 Å². The van der Waals surface area contributed by atoms with Gasteiger partial charge in [0, 0.05) is 32.8 Å². The number of ether oxygens (including phenoxy) is 1. The van der Waals surface area contributed by atoms with Crippen LogP contribution in [0.1, 0.15) is 18.4 Å². The molecule has 1 aromatic carbocycles. The molecule has 19 heavy (non-hydrogen) atoms. The lowest BCUT2D eigenvalue weighted by molar-refractivity contribution is 0.0102. The van der Waals surface area contributed by atoms with E-state index in [1.165, 1.54) is 6.07 Å². The fraction of sp³-hybridized carbons (Fsp3) is 0.571. The molecule has 0 bridgehead atoms. The topological polar surface area (TPSA) is 38.5 Å². The zero-order valence-corrected chi connectivity index (χ0v) is 11.9. The molecule has 5 heteroatoms. The van der Waals surface area contributed by atoms with E-state index in [9.17, 15) is 4.39 Å². The lowest BCUT2D eigenvalue weighted by Crippen LogP contribution is -2.47. The summed E-state index contributed by atoms with van der Waals surface area (Å²) in [5, 5.41) is 0.164. The van der Waals surface area contributed by atoms with Crippen LogP contribution < -0.4 is 5.73 Å². The van der Waals surface area contributed by atoms with E-state index in [-0.39, 0.29) is 23.0 Å². The van der Waals surface area contributed by atoms with Gasteiger partial charge in [-0.1, -0.05) is 17.7 Å². The standard InChI is InChI=1S/C14H20ClFN2O/c1-19-12-4-5-18(11(7-12)8-17)9-10-2-3-13(15)14(16)6-10/h2-3,6,11-12H,4-5,7-9,17H2,1H3. The Morgan fingerprint density at radius 1 is 1.53 bits per heavy atom. The van der Waals surface area contributed by atoms with Crippen LogP contribution in [-0.2, 0) is 11.3 Å². The Morgan fingerprint density at radius 3 is 2.95 bits per heavy atom. The minimum absolute atomic E-state index is 0.164. The molecule has 0 aromatic heterocycles. The summed E-state index contributed by atoms with van der Waals surface area (Å²) in [6.07, 6.45) is 2.21. The van der Waals surface area contributed by atoms with E-state index < -0.39 is 0 Å². The summed E-state index contributed by atoms with van der Waals surface area (Å²) in [7, 11) is 1.74. The molecule has 2 N–H and O–H groups in total. The molecule has 2 unspecified atom stereocenters. The van der Waals surface area contributed by atoms with Gasteiger partial charge in [0.15, 0.2) is 0 Å². The zero-order chi connectivity index (χ0) is 13.8. The Bertz CT molecular complexity index is 430. The van der Waals surface area contributed by atoms with Crippen molar-refractivity contribution in [2.24, 2.45) is 5.73 Å². The fourth-order valence-corrected chi connectivity index (χ4v) is 2.72. The number of piperidine rings is 1. The van der Waals surface area contributed by atoms with E-state index in [1.54, 1.807) is 13.2 Å². The van der Waals surface area contributed by atoms with Crippen LogP contribution in [0.3, 0.4) is 0 Å². The van der Waals surface area contributed by atoms with Crippen LogP contribution in [0, 0.1) is 5.82 Å². The molecule has 1 saturated heterocycles. The van der Waals surface area contributed by atoms with Crippen LogP contribution in [0.25, 0.3) is 0 Å². The van der Waals surface area contributed by atoms with Crippen molar-refractivity contribution in [3.8, 4) is 0 Å². The predicted octanol–water partition coefficient (Wildman–Crippen LogP) is 2.42. The first-order chi connectivity index (χ1) is 9.13. The molecular formula is C14H20ClFN2O. The number of hydrogen-bond donors (Lipinski definition) is 1. The lowest BCUT2D eigenvalue weighted by atomic mass is 9.98. The van der Waals surface area contributed by atoms with E-state index in [0.29, 0.717) is 13.1 Å². The van der Waals surface area contributed by atoms with Gasteiger partial charge in [-0.05, 0) is 30.5 Å². The highest BCUT2D eigenvalue weighted by molar-refractivity contribution is 6.30. The van der Waals surface area contributed by atoms with Gasteiger partial charge in [0.05, 0.1) is 11.1 Å². The van der Waals surface area contributed by atoms with Crippen LogP contribution in [0.5, 0.6) is 0 Å². The average Bonchev–Trinajstić information content (AvgIpc) is 2.43. The van der Waals surface area contributed by atoms with Crippen LogP contribution in [-0.4, -0.2) is 37.2 Å². The van der Waals surface area contributed by atoms with Gasteiger partial charge >= 0.3 is 0 Å². The monoisotopic (exact) mass is 286 g/mol. The molecule has 0 amide bonds. The summed E-state index contributed by atoms with van der Waals surface area (Å²) in [6.45, 7) is 2.22. The third kappa shape index (κ3) is 3.66. The van der Waals surface area contributed by atoms with Gasteiger partial charge < -0.3 is 10.5 Å². The number of methoxy groups -OCH3 is 1. The lowest BCUT2D eigenvalue weighted by Gasteiger charge is -2.38. The Kier molecular flexibility index (Phi) is 5.16. The molecule has 0 spiro atoms. The number of halogens is 2. The third-order valence-corrected chi connectivity index (χ3v) is 4.07. The fourth-order valence-electron chi connectivity index (χ4n) is 2.60. The first kappa shape index (κ1) is 14.7. The summed E-state index contributed by atoms with van der Waals surface area (Å²) in [4.78, 5) is 2.29. The summed E-state index contributed by atoms with van der Waals surface area (Å²) in [5.41, 5.74) is 6.75. The summed E-state index contributed by atoms with van der Waals surface area (Å²) in [6, 6.07) is 5.25. The van der Waals surface area contributed by atoms with Crippen molar-refractivity contribution in [1.29, 1.82) is 0 Å². The molecule has 2 atom stereocenters. The molecule has 0 radical (unpaired) electrons. The smallest absolute Gasteiger partial charge is 0.142 e. The maximum absolute atomic E-state index is 13.4. The molecule has 2 rings (SSSR count). The highest BCUT2D eigenvalue weighted by atomic mass is 35.5. The van der Waals surface area contributed by atoms with Crippen molar-refractivity contribution in [3.05, 3.63) is 34.6 Å². The number of nitrogens with zero attached hydrogens (tertiary/aromatic N) is 1. The predicted molar refractivity (Wildman–Crippen MR) is 74.7 cm³/mol. The van der Waals surface area contributed by atoms with E-state index in [4.69, 9.17) is 22.1 Å². The van der Waals surface area contributed by atoms with Crippen molar-refractivity contribution < 1.29 is 9.13 Å². The normalized spacial score (nSPS) is 24.6. The number of nitrogens with two attached hydrogens (primary N) is 1.